The highest BCUT2D eigenvalue weighted by Gasteiger charge is 2.15. The predicted molar refractivity (Wildman–Crippen MR) is 106 cm³/mol. The van der Waals surface area contributed by atoms with Crippen LogP contribution >= 0.6 is 24.0 Å². The first-order valence-corrected chi connectivity index (χ1v) is 9.89. The summed E-state index contributed by atoms with van der Waals surface area (Å²) < 4.78 is 0. The molecule has 2 rings (SSSR count). The summed E-state index contributed by atoms with van der Waals surface area (Å²) in [5.74, 6) is 0.0450. The SMILES string of the molecule is Cc1ccc(NC(=O)CSCC(=O)NNC(=S)NC2CCCC2)cc1. The van der Waals surface area contributed by atoms with E-state index in [1.807, 2.05) is 31.2 Å². The number of nitrogens with one attached hydrogen (secondary N) is 4. The number of amides is 2. The van der Waals surface area contributed by atoms with Crippen molar-refractivity contribution in [1.29, 1.82) is 0 Å². The number of anilines is 1. The van der Waals surface area contributed by atoms with Crippen LogP contribution in [-0.4, -0.2) is 34.5 Å². The van der Waals surface area contributed by atoms with E-state index in [1.54, 1.807) is 0 Å². The largest absolute Gasteiger partial charge is 0.359 e. The van der Waals surface area contributed by atoms with Crippen molar-refractivity contribution in [1.82, 2.24) is 16.2 Å². The fraction of sp³-hybridized carbons (Fsp3) is 0.471. The highest BCUT2D eigenvalue weighted by molar-refractivity contribution is 8.00. The summed E-state index contributed by atoms with van der Waals surface area (Å²) >= 11 is 6.39. The van der Waals surface area contributed by atoms with E-state index in [2.05, 4.69) is 21.5 Å². The normalized spacial score (nSPS) is 14.0. The summed E-state index contributed by atoms with van der Waals surface area (Å²) in [6.07, 6.45) is 4.66. The lowest BCUT2D eigenvalue weighted by Gasteiger charge is -2.16. The summed E-state index contributed by atoms with van der Waals surface area (Å²) in [5.41, 5.74) is 7.13. The Morgan fingerprint density at radius 2 is 1.72 bits per heavy atom. The van der Waals surface area contributed by atoms with Crippen molar-refractivity contribution in [3.8, 4) is 0 Å². The highest BCUT2D eigenvalue weighted by Crippen LogP contribution is 2.17. The minimum absolute atomic E-state index is 0.131. The third-order valence-electron chi connectivity index (χ3n) is 3.81. The van der Waals surface area contributed by atoms with Crippen LogP contribution in [0, 0.1) is 6.92 Å². The van der Waals surface area contributed by atoms with E-state index in [0.29, 0.717) is 11.2 Å². The maximum absolute atomic E-state index is 11.8. The Hall–Kier alpha value is -1.80. The van der Waals surface area contributed by atoms with Gasteiger partial charge in [-0.1, -0.05) is 30.5 Å². The molecular weight excluding hydrogens is 356 g/mol. The van der Waals surface area contributed by atoms with E-state index in [9.17, 15) is 9.59 Å². The van der Waals surface area contributed by atoms with Crippen molar-refractivity contribution >= 4 is 46.6 Å². The zero-order valence-corrected chi connectivity index (χ0v) is 15.9. The lowest BCUT2D eigenvalue weighted by atomic mass is 10.2. The lowest BCUT2D eigenvalue weighted by molar-refractivity contribution is -0.119. The Bertz CT molecular complexity index is 601. The van der Waals surface area contributed by atoms with Crippen LogP contribution in [-0.2, 0) is 9.59 Å². The Morgan fingerprint density at radius 3 is 2.40 bits per heavy atom. The number of rotatable bonds is 6. The number of hydrogen-bond donors (Lipinski definition) is 4. The maximum atomic E-state index is 11.8. The summed E-state index contributed by atoms with van der Waals surface area (Å²) in [5, 5.41) is 6.40. The van der Waals surface area contributed by atoms with Gasteiger partial charge in [-0.3, -0.25) is 20.4 Å². The van der Waals surface area contributed by atoms with Gasteiger partial charge in [0.15, 0.2) is 5.11 Å². The number of hydrogen-bond acceptors (Lipinski definition) is 4. The maximum Gasteiger partial charge on any atom is 0.248 e. The number of thiocarbonyl (C=S) groups is 1. The van der Waals surface area contributed by atoms with Crippen LogP contribution in [0.25, 0.3) is 0 Å². The van der Waals surface area contributed by atoms with E-state index in [1.165, 1.54) is 24.6 Å². The lowest BCUT2D eigenvalue weighted by Crippen LogP contribution is -2.49. The molecular formula is C17H24N4O2S2. The van der Waals surface area contributed by atoms with Crippen LogP contribution in [0.15, 0.2) is 24.3 Å². The summed E-state index contributed by atoms with van der Waals surface area (Å²) in [6.45, 7) is 1.99. The Kier molecular flexibility index (Phi) is 8.00. The van der Waals surface area contributed by atoms with Gasteiger partial charge in [0, 0.05) is 11.7 Å². The topological polar surface area (TPSA) is 82.3 Å². The van der Waals surface area contributed by atoms with Crippen molar-refractivity contribution in [3.63, 3.8) is 0 Å². The molecule has 0 radical (unpaired) electrons. The molecule has 4 N–H and O–H groups in total. The molecule has 8 heteroatoms. The van der Waals surface area contributed by atoms with E-state index in [4.69, 9.17) is 12.2 Å². The van der Waals surface area contributed by atoms with Crippen LogP contribution in [0.4, 0.5) is 5.69 Å². The minimum Gasteiger partial charge on any atom is -0.359 e. The number of benzene rings is 1. The average molecular weight is 381 g/mol. The van der Waals surface area contributed by atoms with Crippen molar-refractivity contribution in [2.75, 3.05) is 16.8 Å². The summed E-state index contributed by atoms with van der Waals surface area (Å²) in [4.78, 5) is 23.6. The molecule has 0 saturated heterocycles. The monoisotopic (exact) mass is 380 g/mol. The first-order chi connectivity index (χ1) is 12.0. The van der Waals surface area contributed by atoms with Gasteiger partial charge in [0.1, 0.15) is 0 Å². The molecule has 0 atom stereocenters. The molecule has 25 heavy (non-hydrogen) atoms. The Morgan fingerprint density at radius 1 is 1.08 bits per heavy atom. The molecule has 0 unspecified atom stereocenters. The number of thioether (sulfide) groups is 1. The molecule has 1 fully saturated rings. The van der Waals surface area contributed by atoms with E-state index >= 15 is 0 Å². The third-order valence-corrected chi connectivity index (χ3v) is 4.96. The number of carbonyl (C=O) groups excluding carboxylic acids is 2. The van der Waals surface area contributed by atoms with Gasteiger partial charge in [-0.25, -0.2) is 0 Å². The zero-order chi connectivity index (χ0) is 18.1. The molecule has 2 amide bonds. The second-order valence-electron chi connectivity index (χ2n) is 6.04. The quantitative estimate of drug-likeness (QED) is 0.447. The first kappa shape index (κ1) is 19.5. The summed E-state index contributed by atoms with van der Waals surface area (Å²) in [7, 11) is 0. The van der Waals surface area contributed by atoms with Crippen LogP contribution in [0.3, 0.4) is 0 Å². The smallest absolute Gasteiger partial charge is 0.248 e. The van der Waals surface area contributed by atoms with Crippen LogP contribution in [0.1, 0.15) is 31.2 Å². The van der Waals surface area contributed by atoms with Gasteiger partial charge in [-0.05, 0) is 44.1 Å². The van der Waals surface area contributed by atoms with E-state index < -0.39 is 0 Å². The minimum atomic E-state index is -0.219. The Labute approximate surface area is 157 Å². The molecule has 0 spiro atoms. The molecule has 1 aliphatic carbocycles. The second-order valence-corrected chi connectivity index (χ2v) is 7.43. The van der Waals surface area contributed by atoms with E-state index in [-0.39, 0.29) is 23.3 Å². The zero-order valence-electron chi connectivity index (χ0n) is 14.3. The standard InChI is InChI=1S/C17H24N4O2S2/c1-12-6-8-14(9-7-12)18-15(22)10-25-11-16(23)20-21-17(24)19-13-4-2-3-5-13/h6-9,13H,2-5,10-11H2,1H3,(H,18,22)(H,20,23)(H2,19,21,24). The van der Waals surface area contributed by atoms with Gasteiger partial charge >= 0.3 is 0 Å². The van der Waals surface area contributed by atoms with Crippen molar-refractivity contribution < 1.29 is 9.59 Å². The molecule has 1 aliphatic rings. The molecule has 1 saturated carbocycles. The van der Waals surface area contributed by atoms with Gasteiger partial charge in [0.2, 0.25) is 11.8 Å². The van der Waals surface area contributed by atoms with Gasteiger partial charge in [-0.15, -0.1) is 11.8 Å². The van der Waals surface area contributed by atoms with Gasteiger partial charge < -0.3 is 10.6 Å². The molecule has 0 bridgehead atoms. The van der Waals surface area contributed by atoms with Crippen LogP contribution in [0.2, 0.25) is 0 Å². The third kappa shape index (κ3) is 7.74. The van der Waals surface area contributed by atoms with Crippen LogP contribution in [0.5, 0.6) is 0 Å². The molecule has 0 heterocycles. The second kappa shape index (κ2) is 10.2. The fourth-order valence-electron chi connectivity index (χ4n) is 2.52. The number of carbonyl (C=O) groups is 2. The molecule has 0 aliphatic heterocycles. The fourth-order valence-corrected chi connectivity index (χ4v) is 3.36. The number of hydrazine groups is 1. The van der Waals surface area contributed by atoms with E-state index in [0.717, 1.165) is 24.1 Å². The van der Waals surface area contributed by atoms with Crippen molar-refractivity contribution in [2.45, 2.75) is 38.6 Å². The predicted octanol–water partition coefficient (Wildman–Crippen LogP) is 2.10. The first-order valence-electron chi connectivity index (χ1n) is 8.32. The Balaban J connectivity index is 1.55. The number of aryl methyl sites for hydroxylation is 1. The van der Waals surface area contributed by atoms with Crippen LogP contribution < -0.4 is 21.5 Å². The van der Waals surface area contributed by atoms with Crippen molar-refractivity contribution in [3.05, 3.63) is 29.8 Å². The highest BCUT2D eigenvalue weighted by atomic mass is 32.2. The van der Waals surface area contributed by atoms with Gasteiger partial charge in [-0.2, -0.15) is 0 Å². The molecule has 6 nitrogen and oxygen atoms in total. The molecule has 136 valence electrons. The molecule has 1 aromatic carbocycles. The van der Waals surface area contributed by atoms with Gasteiger partial charge in [0.05, 0.1) is 11.5 Å². The summed E-state index contributed by atoms with van der Waals surface area (Å²) in [6, 6.07) is 7.98. The molecule has 0 aromatic heterocycles. The van der Waals surface area contributed by atoms with Gasteiger partial charge in [0.25, 0.3) is 0 Å². The average Bonchev–Trinajstić information content (AvgIpc) is 3.08. The van der Waals surface area contributed by atoms with Crippen molar-refractivity contribution in [2.24, 2.45) is 0 Å². The molecule has 1 aromatic rings.